The third-order valence-electron chi connectivity index (χ3n) is 8.56. The molecule has 0 radical (unpaired) electrons. The molecule has 0 aromatic heterocycles. The third-order valence-corrected chi connectivity index (χ3v) is 8.56. The monoisotopic (exact) mass is 332 g/mol. The van der Waals surface area contributed by atoms with Crippen molar-refractivity contribution in [3.63, 3.8) is 0 Å². The van der Waals surface area contributed by atoms with E-state index in [4.69, 9.17) is 4.74 Å². The van der Waals surface area contributed by atoms with Crippen LogP contribution in [0.15, 0.2) is 11.6 Å². The molecule has 0 unspecified atom stereocenters. The number of allylic oxidation sites excluding steroid dienone is 1. The summed E-state index contributed by atoms with van der Waals surface area (Å²) >= 11 is 0. The lowest BCUT2D eigenvalue weighted by Crippen LogP contribution is -2.51. The summed E-state index contributed by atoms with van der Waals surface area (Å²) in [6.45, 7) is 4.81. The van der Waals surface area contributed by atoms with Gasteiger partial charge < -0.3 is 9.84 Å². The van der Waals surface area contributed by atoms with Gasteiger partial charge in [-0.2, -0.15) is 0 Å². The van der Waals surface area contributed by atoms with Crippen LogP contribution in [0.3, 0.4) is 0 Å². The van der Waals surface area contributed by atoms with E-state index in [1.54, 1.807) is 0 Å². The van der Waals surface area contributed by atoms with Gasteiger partial charge in [0.05, 0.1) is 19.1 Å². The number of fused-ring (bicyclic) bond motifs is 5. The summed E-state index contributed by atoms with van der Waals surface area (Å²) in [5.74, 6) is 2.21. The van der Waals surface area contributed by atoms with Crippen LogP contribution in [0.25, 0.3) is 0 Å². The number of aliphatic hydroxyl groups is 1. The third kappa shape index (κ3) is 2.16. The fraction of sp³-hybridized carbons (Fsp3) is 0.857. The number of aliphatic hydroxyl groups excluding tert-OH is 1. The molecule has 0 aromatic carbocycles. The smallest absolute Gasteiger partial charge is 0.309 e. The molecule has 4 aliphatic rings. The predicted octanol–water partition coefficient (Wildman–Crippen LogP) is 4.10. The van der Waals surface area contributed by atoms with Crippen molar-refractivity contribution in [2.45, 2.75) is 71.3 Å². The van der Waals surface area contributed by atoms with Gasteiger partial charge in [-0.25, -0.2) is 0 Å². The van der Waals surface area contributed by atoms with Crippen LogP contribution >= 0.6 is 0 Å². The Morgan fingerprint density at radius 3 is 2.71 bits per heavy atom. The Balaban J connectivity index is 1.64. The van der Waals surface area contributed by atoms with Gasteiger partial charge >= 0.3 is 5.97 Å². The van der Waals surface area contributed by atoms with Crippen LogP contribution in [0.4, 0.5) is 0 Å². The first-order valence-electron chi connectivity index (χ1n) is 9.85. The molecule has 3 saturated carbocycles. The minimum absolute atomic E-state index is 0.0116. The Hall–Kier alpha value is -0.830. The highest BCUT2D eigenvalue weighted by atomic mass is 16.5. The van der Waals surface area contributed by atoms with Crippen molar-refractivity contribution < 1.29 is 14.6 Å². The first-order valence-corrected chi connectivity index (χ1v) is 9.85. The Labute approximate surface area is 145 Å². The zero-order valence-electron chi connectivity index (χ0n) is 15.4. The minimum Gasteiger partial charge on any atom is -0.469 e. The van der Waals surface area contributed by atoms with E-state index in [1.165, 1.54) is 25.5 Å². The molecule has 4 rings (SSSR count). The van der Waals surface area contributed by atoms with Gasteiger partial charge in [-0.3, -0.25) is 4.79 Å². The van der Waals surface area contributed by atoms with Crippen molar-refractivity contribution in [3.05, 3.63) is 11.6 Å². The summed E-state index contributed by atoms with van der Waals surface area (Å²) in [6.07, 6.45) is 11.0. The molecule has 4 aliphatic carbocycles. The lowest BCUT2D eigenvalue weighted by atomic mass is 9.47. The molecule has 0 aromatic rings. The fourth-order valence-electron chi connectivity index (χ4n) is 7.17. The van der Waals surface area contributed by atoms with Crippen molar-refractivity contribution in [3.8, 4) is 0 Å². The summed E-state index contributed by atoms with van der Waals surface area (Å²) in [7, 11) is 1.54. The van der Waals surface area contributed by atoms with E-state index in [9.17, 15) is 9.90 Å². The summed E-state index contributed by atoms with van der Waals surface area (Å²) in [6, 6.07) is 0. The number of ether oxygens (including phenoxy) is 1. The highest BCUT2D eigenvalue weighted by Gasteiger charge is 2.60. The first-order chi connectivity index (χ1) is 11.4. The van der Waals surface area contributed by atoms with E-state index < -0.39 is 0 Å². The highest BCUT2D eigenvalue weighted by Crippen LogP contribution is 2.66. The molecule has 0 bridgehead atoms. The molecule has 24 heavy (non-hydrogen) atoms. The molecule has 0 heterocycles. The van der Waals surface area contributed by atoms with Crippen LogP contribution in [0.1, 0.15) is 65.2 Å². The van der Waals surface area contributed by atoms with Gasteiger partial charge in [0.1, 0.15) is 0 Å². The topological polar surface area (TPSA) is 46.5 Å². The SMILES string of the molecule is COC(=O)[C@@H]1CC[C@@H]2[C@H]3CC=C4C[C@@H](O)CC[C@]4(C)[C@@H]3CC[C@]21C. The fourth-order valence-corrected chi connectivity index (χ4v) is 7.17. The largest absolute Gasteiger partial charge is 0.469 e. The number of esters is 1. The van der Waals surface area contributed by atoms with E-state index in [0.717, 1.165) is 44.4 Å². The molecule has 0 saturated heterocycles. The molecular formula is C21H32O3. The quantitative estimate of drug-likeness (QED) is 0.581. The minimum atomic E-state index is -0.134. The molecule has 0 aliphatic heterocycles. The molecule has 134 valence electrons. The van der Waals surface area contributed by atoms with Crippen molar-refractivity contribution in [1.29, 1.82) is 0 Å². The van der Waals surface area contributed by atoms with Gasteiger partial charge in [0, 0.05) is 0 Å². The van der Waals surface area contributed by atoms with Crippen molar-refractivity contribution in [1.82, 2.24) is 0 Å². The maximum atomic E-state index is 12.3. The van der Waals surface area contributed by atoms with Crippen LogP contribution in [0, 0.1) is 34.5 Å². The zero-order valence-corrected chi connectivity index (χ0v) is 15.4. The molecule has 3 fully saturated rings. The lowest BCUT2D eigenvalue weighted by molar-refractivity contribution is -0.152. The number of carbonyl (C=O) groups is 1. The maximum Gasteiger partial charge on any atom is 0.309 e. The Morgan fingerprint density at radius 1 is 1.17 bits per heavy atom. The molecule has 3 nitrogen and oxygen atoms in total. The number of hydrogen-bond donors (Lipinski definition) is 1. The van der Waals surface area contributed by atoms with E-state index >= 15 is 0 Å². The van der Waals surface area contributed by atoms with Gasteiger partial charge in [0.2, 0.25) is 0 Å². The second-order valence-electron chi connectivity index (χ2n) is 9.35. The Bertz CT molecular complexity index is 567. The van der Waals surface area contributed by atoms with Gasteiger partial charge in [-0.1, -0.05) is 25.5 Å². The molecule has 3 heteroatoms. The Kier molecular flexibility index (Phi) is 3.87. The predicted molar refractivity (Wildman–Crippen MR) is 93.2 cm³/mol. The van der Waals surface area contributed by atoms with Gasteiger partial charge in [-0.15, -0.1) is 0 Å². The van der Waals surface area contributed by atoms with Gasteiger partial charge in [0.25, 0.3) is 0 Å². The highest BCUT2D eigenvalue weighted by molar-refractivity contribution is 5.73. The Morgan fingerprint density at radius 2 is 1.96 bits per heavy atom. The maximum absolute atomic E-state index is 12.3. The summed E-state index contributed by atoms with van der Waals surface area (Å²) in [4.78, 5) is 12.3. The van der Waals surface area contributed by atoms with Crippen molar-refractivity contribution in [2.24, 2.45) is 34.5 Å². The zero-order chi connectivity index (χ0) is 17.1. The molecular weight excluding hydrogens is 300 g/mol. The van der Waals surface area contributed by atoms with Crippen LogP contribution in [0.5, 0.6) is 0 Å². The van der Waals surface area contributed by atoms with Crippen molar-refractivity contribution >= 4 is 5.97 Å². The first kappa shape index (κ1) is 16.6. The van der Waals surface area contributed by atoms with Crippen LogP contribution in [0.2, 0.25) is 0 Å². The van der Waals surface area contributed by atoms with Gasteiger partial charge in [0.15, 0.2) is 0 Å². The van der Waals surface area contributed by atoms with E-state index in [0.29, 0.717) is 11.8 Å². The summed E-state index contributed by atoms with van der Waals surface area (Å²) < 4.78 is 5.12. The lowest BCUT2D eigenvalue weighted by Gasteiger charge is -2.57. The van der Waals surface area contributed by atoms with E-state index in [-0.39, 0.29) is 28.8 Å². The molecule has 0 amide bonds. The standard InChI is InChI=1S/C21H32O3/c1-20-10-8-14(22)12-13(20)4-5-15-16-6-7-18(19(23)24-3)21(16,2)11-9-17(15)20/h4,14-18,22H,5-12H2,1-3H3/t14-,15+,16+,17+,18-,20-,21+/m0/s1. The number of carbonyl (C=O) groups excluding carboxylic acids is 1. The van der Waals surface area contributed by atoms with Crippen LogP contribution < -0.4 is 0 Å². The molecule has 0 spiro atoms. The van der Waals surface area contributed by atoms with E-state index in [1.807, 2.05) is 0 Å². The second kappa shape index (κ2) is 5.59. The summed E-state index contributed by atoms with van der Waals surface area (Å²) in [5.41, 5.74) is 1.94. The van der Waals surface area contributed by atoms with E-state index in [2.05, 4.69) is 19.9 Å². The normalized spacial score (nSPS) is 50.3. The second-order valence-corrected chi connectivity index (χ2v) is 9.35. The number of methoxy groups -OCH3 is 1. The van der Waals surface area contributed by atoms with Crippen molar-refractivity contribution in [2.75, 3.05) is 7.11 Å². The molecule has 7 atom stereocenters. The molecule has 1 N–H and O–H groups in total. The number of hydrogen-bond acceptors (Lipinski definition) is 3. The van der Waals surface area contributed by atoms with Crippen LogP contribution in [-0.4, -0.2) is 24.3 Å². The average molecular weight is 332 g/mol. The van der Waals surface area contributed by atoms with Gasteiger partial charge in [-0.05, 0) is 80.0 Å². The number of rotatable bonds is 1. The average Bonchev–Trinajstić information content (AvgIpc) is 2.92. The van der Waals surface area contributed by atoms with Crippen LogP contribution in [-0.2, 0) is 9.53 Å². The summed E-state index contributed by atoms with van der Waals surface area (Å²) in [5, 5.41) is 10.1.